The van der Waals surface area contributed by atoms with Crippen molar-refractivity contribution < 1.29 is 23.9 Å². The number of hydrogen-bond donors (Lipinski definition) is 0. The molecule has 0 N–H and O–H groups in total. The Labute approximate surface area is 158 Å². The van der Waals surface area contributed by atoms with Crippen LogP contribution in [0, 0.1) is 17.3 Å². The molecular weight excluding hydrogens is 346 g/mol. The maximum absolute atomic E-state index is 12.8. The molecular formula is C21H25NO5. The molecule has 2 fully saturated rings. The zero-order valence-corrected chi connectivity index (χ0v) is 16.0. The molecule has 2 aliphatic rings. The number of imide groups is 1. The first-order valence-corrected chi connectivity index (χ1v) is 9.39. The van der Waals surface area contributed by atoms with Crippen molar-refractivity contribution in [1.29, 1.82) is 0 Å². The lowest BCUT2D eigenvalue weighted by molar-refractivity contribution is -0.129. The number of anilines is 1. The fraction of sp³-hybridized carbons (Fsp3) is 0.524. The first-order chi connectivity index (χ1) is 12.7. The molecule has 0 bridgehead atoms. The van der Waals surface area contributed by atoms with Crippen molar-refractivity contribution in [3.8, 4) is 0 Å². The summed E-state index contributed by atoms with van der Waals surface area (Å²) in [5.41, 5.74) is -0.245. The average molecular weight is 371 g/mol. The topological polar surface area (TPSA) is 80.8 Å². The summed E-state index contributed by atoms with van der Waals surface area (Å²) in [4.78, 5) is 51.4. The average Bonchev–Trinajstić information content (AvgIpc) is 2.89. The smallest absolute Gasteiger partial charge is 0.340 e. The summed E-state index contributed by atoms with van der Waals surface area (Å²) in [6.45, 7) is 4.91. The second-order valence-electron chi connectivity index (χ2n) is 8.28. The van der Waals surface area contributed by atoms with Gasteiger partial charge in [-0.05, 0) is 25.0 Å². The summed E-state index contributed by atoms with van der Waals surface area (Å²) in [6, 6.07) is 6.41. The Balaban J connectivity index is 1.84. The van der Waals surface area contributed by atoms with Gasteiger partial charge in [-0.1, -0.05) is 45.7 Å². The highest BCUT2D eigenvalue weighted by Crippen LogP contribution is 2.40. The van der Waals surface area contributed by atoms with E-state index < -0.39 is 11.4 Å². The number of Topliss-reactive ketones (excluding diaryl/α,β-unsaturated/α-hetero) is 1. The number of para-hydroxylation sites is 1. The van der Waals surface area contributed by atoms with Gasteiger partial charge in [-0.15, -0.1) is 0 Å². The van der Waals surface area contributed by atoms with E-state index in [1.807, 2.05) is 0 Å². The van der Waals surface area contributed by atoms with Crippen molar-refractivity contribution in [3.63, 3.8) is 0 Å². The van der Waals surface area contributed by atoms with Crippen LogP contribution in [0.5, 0.6) is 0 Å². The molecule has 1 aromatic rings. The number of esters is 1. The molecule has 0 spiro atoms. The Kier molecular flexibility index (Phi) is 5.18. The maximum atomic E-state index is 12.8. The molecule has 1 heterocycles. The number of carbonyl (C=O) groups excluding carboxylic acids is 4. The number of ether oxygens (including phenoxy) is 1. The highest BCUT2D eigenvalue weighted by atomic mass is 16.5. The van der Waals surface area contributed by atoms with Gasteiger partial charge in [0.25, 0.3) is 0 Å². The molecule has 6 heteroatoms. The van der Waals surface area contributed by atoms with E-state index in [9.17, 15) is 19.2 Å². The zero-order valence-electron chi connectivity index (χ0n) is 16.0. The second-order valence-corrected chi connectivity index (χ2v) is 8.28. The molecule has 1 saturated carbocycles. The fourth-order valence-corrected chi connectivity index (χ4v) is 3.67. The number of nitrogens with zero attached hydrogens (tertiary/aromatic N) is 1. The monoisotopic (exact) mass is 371 g/mol. The van der Waals surface area contributed by atoms with Gasteiger partial charge in [0.05, 0.1) is 23.1 Å². The van der Waals surface area contributed by atoms with Crippen LogP contribution in [0.4, 0.5) is 5.69 Å². The number of rotatable bonds is 4. The number of amides is 2. The minimum atomic E-state index is -0.710. The molecule has 1 aliphatic carbocycles. The van der Waals surface area contributed by atoms with Crippen LogP contribution in [0.3, 0.4) is 0 Å². The predicted molar refractivity (Wildman–Crippen MR) is 99.1 cm³/mol. The molecule has 1 aromatic carbocycles. The Bertz CT molecular complexity index is 768. The molecule has 6 nitrogen and oxygen atoms in total. The van der Waals surface area contributed by atoms with Gasteiger partial charge in [-0.3, -0.25) is 14.4 Å². The summed E-state index contributed by atoms with van der Waals surface area (Å²) in [5, 5.41) is 0. The van der Waals surface area contributed by atoms with Gasteiger partial charge in [0.1, 0.15) is 0 Å². The Morgan fingerprint density at radius 3 is 2.15 bits per heavy atom. The van der Waals surface area contributed by atoms with Crippen molar-refractivity contribution in [1.82, 2.24) is 0 Å². The standard InChI is InChI=1S/C21H25NO5/c1-21(2,3)17(23)12-27-20(26)15-10-6-7-11-16(15)22-18(24)13-8-4-5-9-14(13)19(22)25/h6-7,10-11,13-14H,4-5,8-9,12H2,1-3H3. The van der Waals surface area contributed by atoms with Crippen molar-refractivity contribution in [2.45, 2.75) is 46.5 Å². The number of ketones is 1. The van der Waals surface area contributed by atoms with E-state index in [2.05, 4.69) is 0 Å². The molecule has 2 atom stereocenters. The second kappa shape index (κ2) is 7.25. The van der Waals surface area contributed by atoms with Gasteiger partial charge in [-0.25, -0.2) is 9.69 Å². The minimum absolute atomic E-state index is 0.125. The predicted octanol–water partition coefficient (Wildman–Crippen LogP) is 3.14. The molecule has 1 saturated heterocycles. The third-order valence-corrected chi connectivity index (χ3v) is 5.38. The van der Waals surface area contributed by atoms with Gasteiger partial charge < -0.3 is 4.74 Å². The summed E-state index contributed by atoms with van der Waals surface area (Å²) in [5.74, 6) is -1.98. The molecule has 144 valence electrons. The van der Waals surface area contributed by atoms with E-state index in [1.165, 1.54) is 6.07 Å². The van der Waals surface area contributed by atoms with Crippen LogP contribution in [0.15, 0.2) is 24.3 Å². The van der Waals surface area contributed by atoms with Crippen molar-refractivity contribution in [2.75, 3.05) is 11.5 Å². The molecule has 2 amide bonds. The van der Waals surface area contributed by atoms with E-state index in [0.717, 1.165) is 17.7 Å². The SMILES string of the molecule is CC(C)(C)C(=O)COC(=O)c1ccccc1N1C(=O)C2CCCCC2C1=O. The van der Waals surface area contributed by atoms with Crippen LogP contribution in [0.2, 0.25) is 0 Å². The fourth-order valence-electron chi connectivity index (χ4n) is 3.67. The molecule has 0 aromatic heterocycles. The van der Waals surface area contributed by atoms with Gasteiger partial charge >= 0.3 is 5.97 Å². The van der Waals surface area contributed by atoms with Crippen LogP contribution < -0.4 is 4.90 Å². The quantitative estimate of drug-likeness (QED) is 0.600. The lowest BCUT2D eigenvalue weighted by Gasteiger charge is -2.19. The lowest BCUT2D eigenvalue weighted by Crippen LogP contribution is -2.33. The van der Waals surface area contributed by atoms with Crippen LogP contribution in [0.25, 0.3) is 0 Å². The summed E-state index contributed by atoms with van der Waals surface area (Å²) in [7, 11) is 0. The molecule has 1 aliphatic heterocycles. The Hall–Kier alpha value is -2.50. The van der Waals surface area contributed by atoms with Crippen LogP contribution >= 0.6 is 0 Å². The minimum Gasteiger partial charge on any atom is -0.454 e. The van der Waals surface area contributed by atoms with Gasteiger partial charge in [0, 0.05) is 5.41 Å². The number of fused-ring (bicyclic) bond motifs is 1. The zero-order chi connectivity index (χ0) is 19.8. The summed E-state index contributed by atoms with van der Waals surface area (Å²) >= 11 is 0. The molecule has 3 rings (SSSR count). The van der Waals surface area contributed by atoms with E-state index in [4.69, 9.17) is 4.74 Å². The largest absolute Gasteiger partial charge is 0.454 e. The van der Waals surface area contributed by atoms with Crippen LogP contribution in [-0.2, 0) is 19.1 Å². The Morgan fingerprint density at radius 1 is 1.04 bits per heavy atom. The summed E-state index contributed by atoms with van der Waals surface area (Å²) < 4.78 is 5.17. The number of hydrogen-bond acceptors (Lipinski definition) is 5. The normalized spacial score (nSPS) is 22.6. The summed E-state index contributed by atoms with van der Waals surface area (Å²) in [6.07, 6.45) is 3.29. The number of carbonyl (C=O) groups is 4. The van der Waals surface area contributed by atoms with Gasteiger partial charge in [-0.2, -0.15) is 0 Å². The third kappa shape index (κ3) is 3.66. The maximum Gasteiger partial charge on any atom is 0.340 e. The molecule has 0 radical (unpaired) electrons. The van der Waals surface area contributed by atoms with Crippen molar-refractivity contribution in [3.05, 3.63) is 29.8 Å². The lowest BCUT2D eigenvalue weighted by atomic mass is 9.81. The first kappa shape index (κ1) is 19.3. The van der Waals surface area contributed by atoms with E-state index in [0.29, 0.717) is 12.8 Å². The van der Waals surface area contributed by atoms with Crippen LogP contribution in [-0.4, -0.2) is 30.2 Å². The third-order valence-electron chi connectivity index (χ3n) is 5.38. The van der Waals surface area contributed by atoms with Crippen molar-refractivity contribution >= 4 is 29.3 Å². The first-order valence-electron chi connectivity index (χ1n) is 9.39. The van der Waals surface area contributed by atoms with Gasteiger partial charge in [0.15, 0.2) is 12.4 Å². The highest BCUT2D eigenvalue weighted by molar-refractivity contribution is 6.23. The number of benzene rings is 1. The van der Waals surface area contributed by atoms with E-state index in [1.54, 1.807) is 39.0 Å². The highest BCUT2D eigenvalue weighted by Gasteiger charge is 2.49. The van der Waals surface area contributed by atoms with Crippen LogP contribution in [0.1, 0.15) is 56.8 Å². The van der Waals surface area contributed by atoms with Crippen molar-refractivity contribution in [2.24, 2.45) is 17.3 Å². The van der Waals surface area contributed by atoms with Gasteiger partial charge in [0.2, 0.25) is 11.8 Å². The molecule has 2 unspecified atom stereocenters. The van der Waals surface area contributed by atoms with E-state index >= 15 is 0 Å². The van der Waals surface area contributed by atoms with E-state index in [-0.39, 0.29) is 47.3 Å². The Morgan fingerprint density at radius 2 is 1.59 bits per heavy atom. The molecule has 27 heavy (non-hydrogen) atoms.